The summed E-state index contributed by atoms with van der Waals surface area (Å²) in [7, 11) is 1.79. The van der Waals surface area contributed by atoms with E-state index in [1.165, 1.54) is 11.3 Å². The first-order chi connectivity index (χ1) is 10.3. The Hall–Kier alpha value is -1.11. The molecule has 2 aromatic rings. The van der Waals surface area contributed by atoms with Crippen LogP contribution in [0.3, 0.4) is 0 Å². The van der Waals surface area contributed by atoms with E-state index in [2.05, 4.69) is 9.97 Å². The molecule has 0 N–H and O–H groups in total. The Kier molecular flexibility index (Phi) is 5.47. The molecule has 0 spiro atoms. The van der Waals surface area contributed by atoms with Crippen molar-refractivity contribution < 1.29 is 4.79 Å². The summed E-state index contributed by atoms with van der Waals surface area (Å²) < 4.78 is 0. The molecule has 22 heavy (non-hydrogen) atoms. The standard InChI is InChI=1S/C15H18ClN3OS2/c1-15(2,9-21-4)14(20)19(3)12-8-18-13(22-12)10-5-6-11(16)17-7-10/h5-8H,9H2,1-4H3. The molecule has 1 amide bonds. The number of anilines is 1. The zero-order valence-electron chi connectivity index (χ0n) is 13.0. The predicted molar refractivity (Wildman–Crippen MR) is 95.9 cm³/mol. The smallest absolute Gasteiger partial charge is 0.233 e. The minimum Gasteiger partial charge on any atom is -0.305 e. The molecular formula is C15H18ClN3OS2. The summed E-state index contributed by atoms with van der Waals surface area (Å²) in [5.74, 6) is 0.870. The third kappa shape index (κ3) is 3.80. The summed E-state index contributed by atoms with van der Waals surface area (Å²) >= 11 is 8.93. The van der Waals surface area contributed by atoms with Crippen molar-refractivity contribution in [2.75, 3.05) is 24.0 Å². The van der Waals surface area contributed by atoms with Crippen molar-refractivity contribution in [3.8, 4) is 10.6 Å². The van der Waals surface area contributed by atoms with Crippen LogP contribution in [0.5, 0.6) is 0 Å². The summed E-state index contributed by atoms with van der Waals surface area (Å²) in [5.41, 5.74) is 0.491. The number of pyridine rings is 1. The van der Waals surface area contributed by atoms with E-state index in [9.17, 15) is 4.79 Å². The van der Waals surface area contributed by atoms with Gasteiger partial charge in [0.25, 0.3) is 0 Å². The van der Waals surface area contributed by atoms with E-state index in [1.807, 2.05) is 26.2 Å². The van der Waals surface area contributed by atoms with E-state index in [4.69, 9.17) is 11.6 Å². The molecule has 118 valence electrons. The molecule has 4 nitrogen and oxygen atoms in total. The van der Waals surface area contributed by atoms with Crippen molar-refractivity contribution in [2.45, 2.75) is 13.8 Å². The number of thioether (sulfide) groups is 1. The average molecular weight is 356 g/mol. The summed E-state index contributed by atoms with van der Waals surface area (Å²) in [6.07, 6.45) is 5.42. The maximum Gasteiger partial charge on any atom is 0.233 e. The number of aromatic nitrogens is 2. The molecule has 2 heterocycles. The molecule has 0 fully saturated rings. The van der Waals surface area contributed by atoms with Crippen molar-refractivity contribution in [2.24, 2.45) is 5.41 Å². The van der Waals surface area contributed by atoms with Crippen LogP contribution in [-0.2, 0) is 4.79 Å². The third-order valence-electron chi connectivity index (χ3n) is 3.19. The molecule has 0 aliphatic heterocycles. The van der Waals surface area contributed by atoms with Gasteiger partial charge in [0.1, 0.15) is 15.2 Å². The van der Waals surface area contributed by atoms with Gasteiger partial charge in [0, 0.05) is 24.6 Å². The number of rotatable bonds is 5. The van der Waals surface area contributed by atoms with E-state index in [0.29, 0.717) is 5.15 Å². The fourth-order valence-electron chi connectivity index (χ4n) is 2.03. The topological polar surface area (TPSA) is 46.1 Å². The second-order valence-electron chi connectivity index (χ2n) is 5.55. The van der Waals surface area contributed by atoms with Crippen LogP contribution < -0.4 is 4.90 Å². The van der Waals surface area contributed by atoms with Crippen molar-refractivity contribution in [1.82, 2.24) is 9.97 Å². The first kappa shape index (κ1) is 17.2. The summed E-state index contributed by atoms with van der Waals surface area (Å²) in [6, 6.07) is 3.60. The van der Waals surface area contributed by atoms with Gasteiger partial charge in [-0.3, -0.25) is 4.79 Å². The SMILES string of the molecule is CSCC(C)(C)C(=O)N(C)c1cnc(-c2ccc(Cl)nc2)s1. The van der Waals surface area contributed by atoms with E-state index < -0.39 is 5.41 Å². The monoisotopic (exact) mass is 355 g/mol. The zero-order valence-corrected chi connectivity index (χ0v) is 15.3. The fraction of sp³-hybridized carbons (Fsp3) is 0.400. The van der Waals surface area contributed by atoms with Gasteiger partial charge in [-0.15, -0.1) is 0 Å². The molecular weight excluding hydrogens is 338 g/mol. The van der Waals surface area contributed by atoms with Crippen LogP contribution in [0.15, 0.2) is 24.5 Å². The molecule has 2 rings (SSSR count). The molecule has 0 radical (unpaired) electrons. The highest BCUT2D eigenvalue weighted by Crippen LogP contribution is 2.33. The van der Waals surface area contributed by atoms with Crippen molar-refractivity contribution in [1.29, 1.82) is 0 Å². The van der Waals surface area contributed by atoms with E-state index >= 15 is 0 Å². The fourth-order valence-corrected chi connectivity index (χ4v) is 3.86. The largest absolute Gasteiger partial charge is 0.305 e. The van der Waals surface area contributed by atoms with Gasteiger partial charge in [-0.05, 0) is 18.4 Å². The lowest BCUT2D eigenvalue weighted by molar-refractivity contribution is -0.125. The molecule has 2 aromatic heterocycles. The lowest BCUT2D eigenvalue weighted by Crippen LogP contribution is -2.39. The number of carbonyl (C=O) groups excluding carboxylic acids is 1. The molecule has 0 aliphatic rings. The molecule has 0 atom stereocenters. The predicted octanol–water partition coefficient (Wildman–Crippen LogP) is 4.21. The molecule has 0 aromatic carbocycles. The number of amides is 1. The summed E-state index contributed by atoms with van der Waals surface area (Å²) in [6.45, 7) is 3.93. The number of nitrogens with zero attached hydrogens (tertiary/aromatic N) is 3. The van der Waals surface area contributed by atoms with Crippen LogP contribution in [0.25, 0.3) is 10.6 Å². The lowest BCUT2D eigenvalue weighted by Gasteiger charge is -2.27. The first-order valence-electron chi connectivity index (χ1n) is 6.70. The maximum absolute atomic E-state index is 12.6. The van der Waals surface area contributed by atoms with Crippen LogP contribution in [-0.4, -0.2) is 34.9 Å². The van der Waals surface area contributed by atoms with Crippen LogP contribution in [0.4, 0.5) is 5.00 Å². The highest BCUT2D eigenvalue weighted by atomic mass is 35.5. The maximum atomic E-state index is 12.6. The molecule has 0 bridgehead atoms. The van der Waals surface area contributed by atoms with Gasteiger partial charge in [0.05, 0.1) is 11.6 Å². The average Bonchev–Trinajstić information content (AvgIpc) is 2.96. The second kappa shape index (κ2) is 6.98. The van der Waals surface area contributed by atoms with Gasteiger partial charge >= 0.3 is 0 Å². The van der Waals surface area contributed by atoms with Crippen molar-refractivity contribution in [3.05, 3.63) is 29.7 Å². The summed E-state index contributed by atoms with van der Waals surface area (Å²) in [4.78, 5) is 22.7. The van der Waals surface area contributed by atoms with Gasteiger partial charge in [-0.25, -0.2) is 9.97 Å². The van der Waals surface area contributed by atoms with Crippen LogP contribution in [0, 0.1) is 5.41 Å². The zero-order chi connectivity index (χ0) is 16.3. The van der Waals surface area contributed by atoms with E-state index in [0.717, 1.165) is 21.3 Å². The Balaban J connectivity index is 2.20. The minimum atomic E-state index is -0.403. The number of halogens is 1. The normalized spacial score (nSPS) is 11.5. The van der Waals surface area contributed by atoms with E-state index in [1.54, 1.807) is 42.2 Å². The van der Waals surface area contributed by atoms with Crippen LogP contribution >= 0.6 is 34.7 Å². The number of carbonyl (C=O) groups is 1. The van der Waals surface area contributed by atoms with Crippen molar-refractivity contribution in [3.63, 3.8) is 0 Å². The molecule has 0 saturated carbocycles. The Bertz CT molecular complexity index is 655. The molecule has 0 unspecified atom stereocenters. The summed E-state index contributed by atoms with van der Waals surface area (Å²) in [5, 5.41) is 2.09. The minimum absolute atomic E-state index is 0.0891. The highest BCUT2D eigenvalue weighted by molar-refractivity contribution is 7.98. The van der Waals surface area contributed by atoms with Gasteiger partial charge in [-0.2, -0.15) is 11.8 Å². The molecule has 0 saturated heterocycles. The molecule has 7 heteroatoms. The quantitative estimate of drug-likeness (QED) is 0.754. The second-order valence-corrected chi connectivity index (χ2v) is 7.82. The Morgan fingerprint density at radius 3 is 2.68 bits per heavy atom. The van der Waals surface area contributed by atoms with Crippen LogP contribution in [0.1, 0.15) is 13.8 Å². The Morgan fingerprint density at radius 1 is 1.36 bits per heavy atom. The Morgan fingerprint density at radius 2 is 2.09 bits per heavy atom. The number of hydrogen-bond acceptors (Lipinski definition) is 5. The lowest BCUT2D eigenvalue weighted by atomic mass is 9.94. The molecule has 0 aliphatic carbocycles. The number of thiazole rings is 1. The van der Waals surface area contributed by atoms with Gasteiger partial charge < -0.3 is 4.90 Å². The van der Waals surface area contributed by atoms with Gasteiger partial charge in [0.15, 0.2) is 0 Å². The van der Waals surface area contributed by atoms with Gasteiger partial charge in [0.2, 0.25) is 5.91 Å². The highest BCUT2D eigenvalue weighted by Gasteiger charge is 2.31. The van der Waals surface area contributed by atoms with Gasteiger partial charge in [-0.1, -0.05) is 36.8 Å². The Labute approximate surface area is 143 Å². The van der Waals surface area contributed by atoms with Crippen LogP contribution in [0.2, 0.25) is 5.15 Å². The van der Waals surface area contributed by atoms with E-state index in [-0.39, 0.29) is 5.91 Å². The number of hydrogen-bond donors (Lipinski definition) is 0. The van der Waals surface area contributed by atoms with Crippen molar-refractivity contribution >= 4 is 45.6 Å². The third-order valence-corrected chi connectivity index (χ3v) is 5.54. The first-order valence-corrected chi connectivity index (χ1v) is 9.29.